The van der Waals surface area contributed by atoms with E-state index in [2.05, 4.69) is 0 Å². The number of hydrogen-bond donors (Lipinski definition) is 0. The Labute approximate surface area is 151 Å². The fraction of sp³-hybridized carbons (Fsp3) is 0.143. The van der Waals surface area contributed by atoms with Gasteiger partial charge in [0.1, 0.15) is 17.2 Å². The van der Waals surface area contributed by atoms with Gasteiger partial charge in [-0.05, 0) is 24.3 Å². The lowest BCUT2D eigenvalue weighted by atomic mass is 10.1. The number of fused-ring (bicyclic) bond motifs is 1. The number of methoxy groups -OCH3 is 1. The quantitative estimate of drug-likeness (QED) is 0.460. The van der Waals surface area contributed by atoms with Crippen molar-refractivity contribution in [2.24, 2.45) is 0 Å². The minimum Gasteiger partial charge on any atom is -0.496 e. The third-order valence-electron chi connectivity index (χ3n) is 3.82. The average molecular weight is 350 g/mol. The molecule has 2 aromatic carbocycles. The molecule has 0 N–H and O–H groups in total. The highest BCUT2D eigenvalue weighted by molar-refractivity contribution is 6.12. The summed E-state index contributed by atoms with van der Waals surface area (Å²) < 4.78 is 16.0. The van der Waals surface area contributed by atoms with E-state index in [1.807, 2.05) is 30.3 Å². The minimum absolute atomic E-state index is 0.210. The van der Waals surface area contributed by atoms with E-state index < -0.39 is 0 Å². The summed E-state index contributed by atoms with van der Waals surface area (Å²) in [7, 11) is 1.61. The van der Waals surface area contributed by atoms with Crippen LogP contribution in [0.5, 0.6) is 17.2 Å². The lowest BCUT2D eigenvalue weighted by Crippen LogP contribution is -2.05. The van der Waals surface area contributed by atoms with E-state index in [9.17, 15) is 9.59 Å². The van der Waals surface area contributed by atoms with Gasteiger partial charge in [0.25, 0.3) is 0 Å². The van der Waals surface area contributed by atoms with Crippen molar-refractivity contribution in [1.82, 2.24) is 0 Å². The van der Waals surface area contributed by atoms with Crippen molar-refractivity contribution >= 4 is 17.8 Å². The second-order valence-corrected chi connectivity index (χ2v) is 5.55. The average Bonchev–Trinajstić information content (AvgIpc) is 2.97. The molecule has 0 unspecified atom stereocenters. The van der Waals surface area contributed by atoms with E-state index in [1.54, 1.807) is 44.4 Å². The van der Waals surface area contributed by atoms with Gasteiger partial charge in [0.15, 0.2) is 5.76 Å². The van der Waals surface area contributed by atoms with E-state index in [0.717, 1.165) is 11.3 Å². The molecule has 0 atom stereocenters. The summed E-state index contributed by atoms with van der Waals surface area (Å²) in [6.45, 7) is 1.71. The Balaban J connectivity index is 1.78. The van der Waals surface area contributed by atoms with Crippen LogP contribution in [0.3, 0.4) is 0 Å². The molecule has 0 saturated carbocycles. The number of carbonyl (C=O) groups is 2. The van der Waals surface area contributed by atoms with Crippen LogP contribution in [-0.4, -0.2) is 18.9 Å². The summed E-state index contributed by atoms with van der Waals surface area (Å²) in [5, 5.41) is 0. The van der Waals surface area contributed by atoms with E-state index in [1.165, 1.54) is 0 Å². The predicted molar refractivity (Wildman–Crippen MR) is 97.4 cm³/mol. The summed E-state index contributed by atoms with van der Waals surface area (Å²) in [5.74, 6) is 1.14. The Kier molecular flexibility index (Phi) is 5.17. The fourth-order valence-corrected chi connectivity index (χ4v) is 2.49. The number of esters is 1. The van der Waals surface area contributed by atoms with E-state index in [0.29, 0.717) is 17.1 Å². The summed E-state index contributed by atoms with van der Waals surface area (Å²) in [4.78, 5) is 23.8. The maximum atomic E-state index is 12.4. The van der Waals surface area contributed by atoms with Crippen molar-refractivity contribution in [2.75, 3.05) is 7.11 Å². The zero-order chi connectivity index (χ0) is 18.5. The third-order valence-corrected chi connectivity index (χ3v) is 3.82. The van der Waals surface area contributed by atoms with Crippen molar-refractivity contribution in [2.45, 2.75) is 13.3 Å². The van der Waals surface area contributed by atoms with Crippen LogP contribution in [0.15, 0.2) is 60.4 Å². The van der Waals surface area contributed by atoms with Gasteiger partial charge in [-0.25, -0.2) is 0 Å². The standard InChI is InChI=1S/C21H18O5/c1-3-20(22)25-15-11-12-16-19(13-15)26-18(21(16)23)10-6-8-14-7-4-5-9-17(14)24-2/h4-13H,3H2,1-2H3/b8-6+,18-10-. The topological polar surface area (TPSA) is 61.8 Å². The number of para-hydroxylation sites is 1. The minimum atomic E-state index is -0.343. The molecule has 132 valence electrons. The highest BCUT2D eigenvalue weighted by Crippen LogP contribution is 2.34. The van der Waals surface area contributed by atoms with Gasteiger partial charge < -0.3 is 14.2 Å². The predicted octanol–water partition coefficient (Wildman–Crippen LogP) is 4.18. The molecule has 0 spiro atoms. The molecule has 0 radical (unpaired) electrons. The number of ketones is 1. The van der Waals surface area contributed by atoms with Gasteiger partial charge in [-0.2, -0.15) is 0 Å². The van der Waals surface area contributed by atoms with Crippen molar-refractivity contribution in [3.63, 3.8) is 0 Å². The maximum absolute atomic E-state index is 12.4. The van der Waals surface area contributed by atoms with Gasteiger partial charge in [-0.1, -0.05) is 37.3 Å². The zero-order valence-electron chi connectivity index (χ0n) is 14.5. The first-order chi connectivity index (χ1) is 12.6. The molecule has 0 aromatic heterocycles. The fourth-order valence-electron chi connectivity index (χ4n) is 2.49. The molecular formula is C21H18O5. The van der Waals surface area contributed by atoms with Crippen molar-refractivity contribution in [3.8, 4) is 17.2 Å². The second kappa shape index (κ2) is 7.70. The van der Waals surface area contributed by atoms with Crippen LogP contribution >= 0.6 is 0 Å². The molecule has 1 aliphatic heterocycles. The zero-order valence-corrected chi connectivity index (χ0v) is 14.5. The Morgan fingerprint density at radius 2 is 2.00 bits per heavy atom. The normalized spacial score (nSPS) is 14.4. The smallest absolute Gasteiger partial charge is 0.310 e. The molecule has 2 aromatic rings. The Bertz CT molecular complexity index is 908. The summed E-state index contributed by atoms with van der Waals surface area (Å²) in [5.41, 5.74) is 1.34. The summed E-state index contributed by atoms with van der Waals surface area (Å²) in [6.07, 6.45) is 5.44. The van der Waals surface area contributed by atoms with Crippen LogP contribution in [0, 0.1) is 0 Å². The van der Waals surface area contributed by atoms with Crippen molar-refractivity contribution < 1.29 is 23.8 Å². The molecule has 0 aliphatic carbocycles. The first-order valence-electron chi connectivity index (χ1n) is 8.21. The number of allylic oxidation sites excluding steroid dienone is 3. The van der Waals surface area contributed by atoms with Gasteiger partial charge in [0.2, 0.25) is 5.78 Å². The summed E-state index contributed by atoms with van der Waals surface area (Å²) in [6, 6.07) is 12.3. The lowest BCUT2D eigenvalue weighted by Gasteiger charge is -2.03. The van der Waals surface area contributed by atoms with E-state index in [-0.39, 0.29) is 23.9 Å². The van der Waals surface area contributed by atoms with Crippen LogP contribution in [0.4, 0.5) is 0 Å². The largest absolute Gasteiger partial charge is 0.496 e. The van der Waals surface area contributed by atoms with Crippen LogP contribution in [0.1, 0.15) is 29.3 Å². The molecule has 3 rings (SSSR count). The van der Waals surface area contributed by atoms with Gasteiger partial charge in [-0.15, -0.1) is 0 Å². The number of benzene rings is 2. The Morgan fingerprint density at radius 3 is 2.77 bits per heavy atom. The number of hydrogen-bond acceptors (Lipinski definition) is 5. The highest BCUT2D eigenvalue weighted by Gasteiger charge is 2.27. The van der Waals surface area contributed by atoms with Crippen LogP contribution < -0.4 is 14.2 Å². The van der Waals surface area contributed by atoms with Gasteiger partial charge in [-0.3, -0.25) is 9.59 Å². The SMILES string of the molecule is CCC(=O)Oc1ccc2c(c1)O/C(=C\C=C\c1ccccc1OC)C2=O. The maximum Gasteiger partial charge on any atom is 0.310 e. The van der Waals surface area contributed by atoms with Gasteiger partial charge in [0.05, 0.1) is 12.7 Å². The van der Waals surface area contributed by atoms with Crippen LogP contribution in [0.2, 0.25) is 0 Å². The Morgan fingerprint density at radius 1 is 1.19 bits per heavy atom. The van der Waals surface area contributed by atoms with Crippen LogP contribution in [0.25, 0.3) is 6.08 Å². The molecule has 5 nitrogen and oxygen atoms in total. The first-order valence-corrected chi connectivity index (χ1v) is 8.21. The molecule has 0 fully saturated rings. The molecule has 0 saturated heterocycles. The lowest BCUT2D eigenvalue weighted by molar-refractivity contribution is -0.134. The van der Waals surface area contributed by atoms with Gasteiger partial charge in [0, 0.05) is 18.1 Å². The molecule has 26 heavy (non-hydrogen) atoms. The number of Topliss-reactive ketones (excluding diaryl/α,β-unsaturated/α-hetero) is 1. The Hall–Kier alpha value is -3.34. The second-order valence-electron chi connectivity index (χ2n) is 5.55. The summed E-state index contributed by atoms with van der Waals surface area (Å²) >= 11 is 0. The first kappa shape index (κ1) is 17.5. The molecular weight excluding hydrogens is 332 g/mol. The molecule has 1 heterocycles. The van der Waals surface area contributed by atoms with Gasteiger partial charge >= 0.3 is 5.97 Å². The molecule has 0 bridgehead atoms. The number of ether oxygens (including phenoxy) is 3. The van der Waals surface area contributed by atoms with Crippen LogP contribution in [-0.2, 0) is 4.79 Å². The monoisotopic (exact) mass is 350 g/mol. The van der Waals surface area contributed by atoms with Crippen molar-refractivity contribution in [1.29, 1.82) is 0 Å². The molecule has 5 heteroatoms. The molecule has 1 aliphatic rings. The molecule has 0 amide bonds. The van der Waals surface area contributed by atoms with E-state index >= 15 is 0 Å². The third kappa shape index (κ3) is 3.67. The van der Waals surface area contributed by atoms with Crippen molar-refractivity contribution in [3.05, 3.63) is 71.5 Å². The van der Waals surface area contributed by atoms with E-state index in [4.69, 9.17) is 14.2 Å². The number of rotatable bonds is 5. The number of carbonyl (C=O) groups excluding carboxylic acids is 2. The highest BCUT2D eigenvalue weighted by atomic mass is 16.5.